The van der Waals surface area contributed by atoms with Crippen LogP contribution >= 0.6 is 0 Å². The molecule has 4 nitrogen and oxygen atoms in total. The van der Waals surface area contributed by atoms with Crippen molar-refractivity contribution in [2.45, 2.75) is 0 Å². The number of nitrogens with two attached hydrogens (primary N) is 1. The fourth-order valence-corrected chi connectivity index (χ4v) is 2.73. The Balaban J connectivity index is 1.92. The minimum atomic E-state index is -0.0529. The van der Waals surface area contributed by atoms with Crippen LogP contribution in [0.5, 0.6) is 0 Å². The zero-order chi connectivity index (χ0) is 14.4. The van der Waals surface area contributed by atoms with Crippen molar-refractivity contribution in [1.82, 2.24) is 9.55 Å². The van der Waals surface area contributed by atoms with E-state index in [1.807, 2.05) is 48.7 Å². The van der Waals surface area contributed by atoms with Crippen molar-refractivity contribution in [2.75, 3.05) is 5.73 Å². The van der Waals surface area contributed by atoms with Crippen LogP contribution in [0.25, 0.3) is 21.8 Å². The van der Waals surface area contributed by atoms with Gasteiger partial charge < -0.3 is 10.7 Å². The maximum atomic E-state index is 12.8. The maximum Gasteiger partial charge on any atom is 0.264 e. The van der Waals surface area contributed by atoms with Gasteiger partial charge in [0.1, 0.15) is 0 Å². The van der Waals surface area contributed by atoms with E-state index in [1.165, 1.54) is 0 Å². The Kier molecular flexibility index (Phi) is 2.38. The van der Waals surface area contributed by atoms with E-state index in [0.717, 1.165) is 21.8 Å². The van der Waals surface area contributed by atoms with Gasteiger partial charge in [-0.05, 0) is 36.4 Å². The van der Waals surface area contributed by atoms with Crippen LogP contribution < -0.4 is 5.73 Å². The molecule has 3 N–H and O–H groups in total. The molecule has 0 fully saturated rings. The predicted octanol–water partition coefficient (Wildman–Crippen LogP) is 3.39. The Morgan fingerprint density at radius 3 is 2.86 bits per heavy atom. The van der Waals surface area contributed by atoms with Crippen molar-refractivity contribution in [3.63, 3.8) is 0 Å². The molecule has 0 bridgehead atoms. The molecule has 21 heavy (non-hydrogen) atoms. The van der Waals surface area contributed by atoms with E-state index in [2.05, 4.69) is 4.98 Å². The van der Waals surface area contributed by atoms with Crippen LogP contribution in [0.3, 0.4) is 0 Å². The number of carbonyl (C=O) groups is 1. The van der Waals surface area contributed by atoms with Gasteiger partial charge in [0.25, 0.3) is 5.91 Å². The molecule has 2 aromatic carbocycles. The third-order valence-corrected chi connectivity index (χ3v) is 3.75. The van der Waals surface area contributed by atoms with Crippen molar-refractivity contribution >= 4 is 33.4 Å². The molecule has 102 valence electrons. The third kappa shape index (κ3) is 1.73. The van der Waals surface area contributed by atoms with Crippen LogP contribution in [0.15, 0.2) is 60.9 Å². The first-order chi connectivity index (χ1) is 10.2. The number of carbonyl (C=O) groups excluding carboxylic acids is 1. The molecule has 0 aliphatic carbocycles. The number of aromatic amines is 1. The smallest absolute Gasteiger partial charge is 0.264 e. The highest BCUT2D eigenvalue weighted by Gasteiger charge is 2.14. The van der Waals surface area contributed by atoms with Gasteiger partial charge in [0.2, 0.25) is 0 Å². The summed E-state index contributed by atoms with van der Waals surface area (Å²) in [5.41, 5.74) is 8.85. The Bertz CT molecular complexity index is 978. The molecular weight excluding hydrogens is 262 g/mol. The minimum absolute atomic E-state index is 0.0529. The molecule has 0 aliphatic rings. The number of hydrogen-bond donors (Lipinski definition) is 2. The summed E-state index contributed by atoms with van der Waals surface area (Å²) in [7, 11) is 0. The number of para-hydroxylation sites is 1. The Morgan fingerprint density at radius 2 is 1.95 bits per heavy atom. The first kappa shape index (κ1) is 11.8. The largest absolute Gasteiger partial charge is 0.399 e. The molecule has 4 aromatic rings. The second-order valence-corrected chi connectivity index (χ2v) is 5.06. The molecule has 0 radical (unpaired) electrons. The lowest BCUT2D eigenvalue weighted by atomic mass is 10.1. The zero-order valence-electron chi connectivity index (χ0n) is 11.2. The van der Waals surface area contributed by atoms with Crippen LogP contribution in [0.2, 0.25) is 0 Å². The highest BCUT2D eigenvalue weighted by Crippen LogP contribution is 2.23. The van der Waals surface area contributed by atoms with Gasteiger partial charge in [-0.15, -0.1) is 0 Å². The molecular formula is C17H13N3O. The van der Waals surface area contributed by atoms with E-state index in [4.69, 9.17) is 5.73 Å². The van der Waals surface area contributed by atoms with Crippen molar-refractivity contribution in [1.29, 1.82) is 0 Å². The fraction of sp³-hybridized carbons (Fsp3) is 0. The van der Waals surface area contributed by atoms with Crippen LogP contribution in [0.4, 0.5) is 5.69 Å². The minimum Gasteiger partial charge on any atom is -0.399 e. The van der Waals surface area contributed by atoms with E-state index in [0.29, 0.717) is 11.3 Å². The summed E-state index contributed by atoms with van der Waals surface area (Å²) in [4.78, 5) is 16.0. The van der Waals surface area contributed by atoms with Crippen LogP contribution in [0, 0.1) is 0 Å². The number of rotatable bonds is 1. The second-order valence-electron chi connectivity index (χ2n) is 5.06. The SMILES string of the molecule is Nc1ccc2c(ccn2C(=O)c2cccc3cc[nH]c23)c1. The Morgan fingerprint density at radius 1 is 1.05 bits per heavy atom. The lowest BCUT2D eigenvalue weighted by Crippen LogP contribution is -2.11. The van der Waals surface area contributed by atoms with E-state index in [-0.39, 0.29) is 5.91 Å². The summed E-state index contributed by atoms with van der Waals surface area (Å²) in [6, 6.07) is 15.1. The highest BCUT2D eigenvalue weighted by molar-refractivity contribution is 6.09. The van der Waals surface area contributed by atoms with Crippen LogP contribution in [-0.2, 0) is 0 Å². The van der Waals surface area contributed by atoms with Gasteiger partial charge in [0.15, 0.2) is 0 Å². The number of nitrogens with zero attached hydrogens (tertiary/aromatic N) is 1. The summed E-state index contributed by atoms with van der Waals surface area (Å²) in [6.07, 6.45) is 3.63. The number of fused-ring (bicyclic) bond motifs is 2. The van der Waals surface area contributed by atoms with Gasteiger partial charge in [-0.3, -0.25) is 9.36 Å². The Labute approximate surface area is 120 Å². The standard InChI is InChI=1S/C17H13N3O/c18-13-4-5-15-12(10-13)7-9-20(15)17(21)14-3-1-2-11-6-8-19-16(11)14/h1-10,19H,18H2. The van der Waals surface area contributed by atoms with E-state index < -0.39 is 0 Å². The van der Waals surface area contributed by atoms with Crippen molar-refractivity contribution < 1.29 is 4.79 Å². The molecule has 4 heteroatoms. The second kappa shape index (κ2) is 4.24. The summed E-state index contributed by atoms with van der Waals surface area (Å²) < 4.78 is 1.66. The number of benzene rings is 2. The molecule has 0 atom stereocenters. The van der Waals surface area contributed by atoms with Gasteiger partial charge in [-0.2, -0.15) is 0 Å². The number of aromatic nitrogens is 2. The van der Waals surface area contributed by atoms with Gasteiger partial charge in [0.05, 0.1) is 16.6 Å². The van der Waals surface area contributed by atoms with Crippen LogP contribution in [-0.4, -0.2) is 15.5 Å². The molecule has 0 saturated carbocycles. The van der Waals surface area contributed by atoms with E-state index >= 15 is 0 Å². The van der Waals surface area contributed by atoms with Gasteiger partial charge in [-0.1, -0.05) is 12.1 Å². The summed E-state index contributed by atoms with van der Waals surface area (Å²) >= 11 is 0. The lowest BCUT2D eigenvalue weighted by molar-refractivity contribution is 0.0966. The maximum absolute atomic E-state index is 12.8. The third-order valence-electron chi connectivity index (χ3n) is 3.75. The number of nitrogen functional groups attached to an aromatic ring is 1. The van der Waals surface area contributed by atoms with Crippen molar-refractivity contribution in [2.24, 2.45) is 0 Å². The first-order valence-electron chi connectivity index (χ1n) is 6.71. The average molecular weight is 275 g/mol. The first-order valence-corrected chi connectivity index (χ1v) is 6.71. The molecule has 2 aromatic heterocycles. The quantitative estimate of drug-likeness (QED) is 0.523. The zero-order valence-corrected chi connectivity index (χ0v) is 11.2. The normalized spacial score (nSPS) is 11.2. The van der Waals surface area contributed by atoms with E-state index in [1.54, 1.807) is 16.8 Å². The molecule has 0 saturated heterocycles. The average Bonchev–Trinajstić information content (AvgIpc) is 3.11. The summed E-state index contributed by atoms with van der Waals surface area (Å²) in [5, 5.41) is 1.99. The summed E-state index contributed by atoms with van der Waals surface area (Å²) in [6.45, 7) is 0. The monoisotopic (exact) mass is 275 g/mol. The van der Waals surface area contributed by atoms with Crippen molar-refractivity contribution in [3.8, 4) is 0 Å². The molecule has 0 spiro atoms. The van der Waals surface area contributed by atoms with Crippen molar-refractivity contribution in [3.05, 3.63) is 66.5 Å². The molecule has 2 heterocycles. The van der Waals surface area contributed by atoms with Crippen LogP contribution in [0.1, 0.15) is 10.4 Å². The fourth-order valence-electron chi connectivity index (χ4n) is 2.73. The van der Waals surface area contributed by atoms with Gasteiger partial charge in [-0.25, -0.2) is 0 Å². The Hall–Kier alpha value is -3.01. The van der Waals surface area contributed by atoms with Gasteiger partial charge in [0, 0.05) is 28.9 Å². The van der Waals surface area contributed by atoms with Gasteiger partial charge >= 0.3 is 0 Å². The number of nitrogens with one attached hydrogen (secondary N) is 1. The predicted molar refractivity (Wildman–Crippen MR) is 84.4 cm³/mol. The lowest BCUT2D eigenvalue weighted by Gasteiger charge is -2.06. The number of anilines is 1. The highest BCUT2D eigenvalue weighted by atomic mass is 16.2. The molecule has 0 unspecified atom stereocenters. The molecule has 0 amide bonds. The molecule has 4 rings (SSSR count). The summed E-state index contributed by atoms with van der Waals surface area (Å²) in [5.74, 6) is -0.0529. The number of H-pyrrole nitrogens is 1. The molecule has 0 aliphatic heterocycles. The number of hydrogen-bond acceptors (Lipinski definition) is 2. The van der Waals surface area contributed by atoms with E-state index in [9.17, 15) is 4.79 Å². The topological polar surface area (TPSA) is 63.8 Å².